The Kier molecular flexibility index (Phi) is 6.76. The number of hydrogen-bond acceptors (Lipinski definition) is 0. The zero-order valence-corrected chi connectivity index (χ0v) is 27.8. The average molecular weight is 622 g/mol. The van der Waals surface area contributed by atoms with E-state index in [0.717, 1.165) is 19.6 Å². The van der Waals surface area contributed by atoms with Gasteiger partial charge in [-0.25, -0.2) is 0 Å². The molecule has 234 valence electrons. The smallest absolute Gasteiger partial charge is 0.0533 e. The Morgan fingerprint density at radius 2 is 0.812 bits per heavy atom. The highest BCUT2D eigenvalue weighted by Gasteiger charge is 2.28. The summed E-state index contributed by atoms with van der Waals surface area (Å²) in [7, 11) is 0. The quantitative estimate of drug-likeness (QED) is 0.168. The Bertz CT molecular complexity index is 2510. The predicted molar refractivity (Wildman–Crippen MR) is 204 cm³/mol. The zero-order chi connectivity index (χ0) is 32.4. The lowest BCUT2D eigenvalue weighted by Crippen LogP contribution is -2.07. The van der Waals surface area contributed by atoms with E-state index in [0.29, 0.717) is 0 Å². The summed E-state index contributed by atoms with van der Waals surface area (Å²) in [4.78, 5) is 0. The van der Waals surface area contributed by atoms with Crippen LogP contribution in [0.15, 0.2) is 140 Å². The summed E-state index contributed by atoms with van der Waals surface area (Å²) in [5, 5.41) is 6.58. The largest absolute Gasteiger partial charge is 0.341 e. The maximum Gasteiger partial charge on any atom is 0.0533 e. The highest BCUT2D eigenvalue weighted by molar-refractivity contribution is 6.10. The van der Waals surface area contributed by atoms with Gasteiger partial charge in [-0.05, 0) is 85.5 Å². The molecule has 0 unspecified atom stereocenters. The van der Waals surface area contributed by atoms with Crippen LogP contribution in [0.1, 0.15) is 43.4 Å². The number of fused-ring (bicyclic) bond motifs is 7. The standard InChI is InChI=1S/C45H39N3/c1-4-46-38-21-13-10-18-33(38)36-28-31(24-26-41(36)46)43(32-25-27-42-37(29-32)34-19-11-14-22-39(34)47(42)5-2)44-35-20-12-15-23-40(35)48(6-3)45(44)30-16-8-7-9-17-30/h7-29,43H,4-6H2,1-3H3. The first-order valence-electron chi connectivity index (χ1n) is 17.4. The summed E-state index contributed by atoms with van der Waals surface area (Å²) in [6.07, 6.45) is 0. The van der Waals surface area contributed by atoms with Crippen molar-refractivity contribution in [3.8, 4) is 11.3 Å². The second kappa shape index (κ2) is 11.3. The Morgan fingerprint density at radius 1 is 0.396 bits per heavy atom. The molecule has 0 bridgehead atoms. The molecule has 3 heteroatoms. The molecule has 0 radical (unpaired) electrons. The van der Waals surface area contributed by atoms with Crippen LogP contribution >= 0.6 is 0 Å². The molecule has 48 heavy (non-hydrogen) atoms. The van der Waals surface area contributed by atoms with Gasteiger partial charge in [-0.2, -0.15) is 0 Å². The third-order valence-electron chi connectivity index (χ3n) is 10.6. The summed E-state index contributed by atoms with van der Waals surface area (Å²) < 4.78 is 7.43. The van der Waals surface area contributed by atoms with Gasteiger partial charge < -0.3 is 13.7 Å². The zero-order valence-electron chi connectivity index (χ0n) is 27.8. The minimum atomic E-state index is 0.0131. The topological polar surface area (TPSA) is 14.8 Å². The monoisotopic (exact) mass is 621 g/mol. The summed E-state index contributed by atoms with van der Waals surface area (Å²) in [6, 6.07) is 52.3. The molecule has 0 fully saturated rings. The number of aromatic nitrogens is 3. The van der Waals surface area contributed by atoms with Gasteiger partial charge in [-0.1, -0.05) is 97.1 Å². The highest BCUT2D eigenvalue weighted by atomic mass is 15.0. The van der Waals surface area contributed by atoms with Crippen molar-refractivity contribution in [3.63, 3.8) is 0 Å². The Hall–Kier alpha value is -5.54. The minimum Gasteiger partial charge on any atom is -0.341 e. The fraction of sp³-hybridized carbons (Fsp3) is 0.156. The van der Waals surface area contributed by atoms with Crippen LogP contribution in [0.25, 0.3) is 65.8 Å². The fourth-order valence-electron chi connectivity index (χ4n) is 8.57. The van der Waals surface area contributed by atoms with E-state index in [2.05, 4.69) is 174 Å². The van der Waals surface area contributed by atoms with Crippen LogP contribution in [-0.2, 0) is 19.6 Å². The number of nitrogens with zero attached hydrogens (tertiary/aromatic N) is 3. The third-order valence-corrected chi connectivity index (χ3v) is 10.6. The Labute approximate surface area is 281 Å². The maximum absolute atomic E-state index is 2.52. The molecule has 0 atom stereocenters. The highest BCUT2D eigenvalue weighted by Crippen LogP contribution is 2.46. The normalized spacial score (nSPS) is 12.1. The molecule has 3 heterocycles. The molecule has 3 nitrogen and oxygen atoms in total. The van der Waals surface area contributed by atoms with Crippen LogP contribution < -0.4 is 0 Å². The van der Waals surface area contributed by atoms with Gasteiger partial charge in [0.1, 0.15) is 0 Å². The first kappa shape index (κ1) is 28.7. The van der Waals surface area contributed by atoms with Crippen molar-refractivity contribution >= 4 is 54.5 Å². The van der Waals surface area contributed by atoms with Gasteiger partial charge in [0, 0.05) is 80.1 Å². The van der Waals surface area contributed by atoms with Crippen LogP contribution in [0.4, 0.5) is 0 Å². The van der Waals surface area contributed by atoms with Crippen LogP contribution in [0.3, 0.4) is 0 Å². The van der Waals surface area contributed by atoms with Crippen molar-refractivity contribution in [2.75, 3.05) is 0 Å². The number of hydrogen-bond donors (Lipinski definition) is 0. The van der Waals surface area contributed by atoms with Gasteiger partial charge in [0.05, 0.1) is 5.69 Å². The molecule has 9 aromatic rings. The predicted octanol–water partition coefficient (Wildman–Crippen LogP) is 11.8. The van der Waals surface area contributed by atoms with Gasteiger partial charge >= 0.3 is 0 Å². The molecule has 0 saturated heterocycles. The van der Waals surface area contributed by atoms with Crippen molar-refractivity contribution < 1.29 is 0 Å². The Morgan fingerprint density at radius 3 is 1.31 bits per heavy atom. The van der Waals surface area contributed by atoms with Gasteiger partial charge in [0.2, 0.25) is 0 Å². The third kappa shape index (κ3) is 4.13. The maximum atomic E-state index is 2.52. The van der Waals surface area contributed by atoms with Gasteiger partial charge in [-0.3, -0.25) is 0 Å². The number of rotatable bonds is 7. The SMILES string of the molecule is CCn1c(-c2ccccc2)c(C(c2ccc3c(c2)c2ccccc2n3CC)c2ccc3c(c2)c2ccccc2n3CC)c2ccccc21. The molecule has 0 aliphatic heterocycles. The van der Waals surface area contributed by atoms with E-state index >= 15 is 0 Å². The van der Waals surface area contributed by atoms with E-state index in [-0.39, 0.29) is 5.92 Å². The van der Waals surface area contributed by atoms with Crippen molar-refractivity contribution in [2.24, 2.45) is 0 Å². The lowest BCUT2D eigenvalue weighted by molar-refractivity contribution is 0.798. The number of aryl methyl sites for hydroxylation is 3. The molecule has 0 aliphatic carbocycles. The van der Waals surface area contributed by atoms with E-state index in [1.807, 2.05) is 0 Å². The summed E-state index contributed by atoms with van der Waals surface area (Å²) in [6.45, 7) is 9.53. The lowest BCUT2D eigenvalue weighted by atomic mass is 9.81. The molecule has 0 amide bonds. The van der Waals surface area contributed by atoms with Crippen LogP contribution in [0, 0.1) is 0 Å². The molecule has 6 aromatic carbocycles. The second-order valence-electron chi connectivity index (χ2n) is 12.9. The summed E-state index contributed by atoms with van der Waals surface area (Å²) in [5.41, 5.74) is 13.0. The van der Waals surface area contributed by atoms with Gasteiger partial charge in [-0.15, -0.1) is 0 Å². The van der Waals surface area contributed by atoms with E-state index in [1.165, 1.54) is 82.5 Å². The molecule has 0 spiro atoms. The van der Waals surface area contributed by atoms with E-state index in [4.69, 9.17) is 0 Å². The molecule has 0 aliphatic rings. The van der Waals surface area contributed by atoms with Crippen LogP contribution in [-0.4, -0.2) is 13.7 Å². The van der Waals surface area contributed by atoms with Crippen molar-refractivity contribution in [1.82, 2.24) is 13.7 Å². The summed E-state index contributed by atoms with van der Waals surface area (Å²) in [5.74, 6) is 0.0131. The molecular formula is C45H39N3. The number of para-hydroxylation sites is 3. The van der Waals surface area contributed by atoms with E-state index in [9.17, 15) is 0 Å². The van der Waals surface area contributed by atoms with Crippen molar-refractivity contribution in [1.29, 1.82) is 0 Å². The second-order valence-corrected chi connectivity index (χ2v) is 12.9. The average Bonchev–Trinajstić information content (AvgIpc) is 3.77. The molecule has 9 rings (SSSR count). The molecule has 0 saturated carbocycles. The van der Waals surface area contributed by atoms with Gasteiger partial charge in [0.15, 0.2) is 0 Å². The van der Waals surface area contributed by atoms with Crippen molar-refractivity contribution in [3.05, 3.63) is 156 Å². The first-order valence-corrected chi connectivity index (χ1v) is 17.4. The van der Waals surface area contributed by atoms with Gasteiger partial charge in [0.25, 0.3) is 0 Å². The van der Waals surface area contributed by atoms with Crippen molar-refractivity contribution in [2.45, 2.75) is 46.3 Å². The first-order chi connectivity index (χ1) is 23.7. The fourth-order valence-corrected chi connectivity index (χ4v) is 8.57. The lowest BCUT2D eigenvalue weighted by Gasteiger charge is -2.22. The van der Waals surface area contributed by atoms with E-state index in [1.54, 1.807) is 0 Å². The van der Waals surface area contributed by atoms with Crippen LogP contribution in [0.2, 0.25) is 0 Å². The number of benzene rings is 6. The Balaban J connectivity index is 1.41. The molecule has 0 N–H and O–H groups in total. The van der Waals surface area contributed by atoms with E-state index < -0.39 is 0 Å². The molecule has 3 aromatic heterocycles. The minimum absolute atomic E-state index is 0.0131. The van der Waals surface area contributed by atoms with Crippen LogP contribution in [0.5, 0.6) is 0 Å². The summed E-state index contributed by atoms with van der Waals surface area (Å²) >= 11 is 0. The molecular weight excluding hydrogens is 583 g/mol.